The molecule has 0 N–H and O–H groups in total. The molecule has 0 radical (unpaired) electrons. The summed E-state index contributed by atoms with van der Waals surface area (Å²) < 4.78 is 11.6. The van der Waals surface area contributed by atoms with Gasteiger partial charge in [-0.25, -0.2) is 4.98 Å². The van der Waals surface area contributed by atoms with Crippen LogP contribution < -0.4 is 0 Å². The highest BCUT2D eigenvalue weighted by molar-refractivity contribution is 6.07. The van der Waals surface area contributed by atoms with Crippen LogP contribution in [0.3, 0.4) is 0 Å². The van der Waals surface area contributed by atoms with Crippen molar-refractivity contribution in [2.75, 3.05) is 14.2 Å². The third-order valence-corrected chi connectivity index (χ3v) is 5.36. The summed E-state index contributed by atoms with van der Waals surface area (Å²) in [7, 11) is 3.45. The lowest BCUT2D eigenvalue weighted by Crippen LogP contribution is -2.22. The van der Waals surface area contributed by atoms with E-state index in [2.05, 4.69) is 60.7 Å². The van der Waals surface area contributed by atoms with Gasteiger partial charge in [-0.15, -0.1) is 0 Å². The van der Waals surface area contributed by atoms with Gasteiger partial charge in [0.05, 0.1) is 11.2 Å². The number of aromatic nitrogens is 1. The fraction of sp³-hybridized carbons (Fsp3) is 0.174. The molecular weight excluding hydrogens is 322 g/mol. The van der Waals surface area contributed by atoms with E-state index in [1.165, 1.54) is 21.7 Å². The molecule has 3 aromatic carbocycles. The molecule has 0 spiro atoms. The molecule has 0 amide bonds. The van der Waals surface area contributed by atoms with Gasteiger partial charge in [0, 0.05) is 25.2 Å². The number of hydrogen-bond acceptors (Lipinski definition) is 3. The van der Waals surface area contributed by atoms with Crippen molar-refractivity contribution in [3.63, 3.8) is 0 Å². The zero-order valence-electron chi connectivity index (χ0n) is 14.8. The van der Waals surface area contributed by atoms with Gasteiger partial charge in [-0.2, -0.15) is 0 Å². The molecule has 0 bridgehead atoms. The van der Waals surface area contributed by atoms with Crippen molar-refractivity contribution in [3.8, 4) is 11.1 Å². The van der Waals surface area contributed by atoms with E-state index in [0.29, 0.717) is 0 Å². The normalized spacial score (nSPS) is 18.7. The lowest BCUT2D eigenvalue weighted by molar-refractivity contribution is -0.0428. The number of benzene rings is 3. The highest BCUT2D eigenvalue weighted by Crippen LogP contribution is 2.47. The SMILES string of the molecule is CO[C@@H]1c2ccccc2-c2cc3c(ccc4ccccc43)nc2[C@H]1OC. The molecule has 1 aliphatic rings. The Kier molecular flexibility index (Phi) is 3.52. The van der Waals surface area contributed by atoms with Gasteiger partial charge in [-0.3, -0.25) is 0 Å². The molecule has 3 nitrogen and oxygen atoms in total. The van der Waals surface area contributed by atoms with Gasteiger partial charge in [0.1, 0.15) is 12.2 Å². The maximum Gasteiger partial charge on any atom is 0.130 e. The number of pyridine rings is 1. The van der Waals surface area contributed by atoms with Gasteiger partial charge in [-0.05, 0) is 34.0 Å². The van der Waals surface area contributed by atoms with Crippen molar-refractivity contribution < 1.29 is 9.47 Å². The Labute approximate surface area is 152 Å². The van der Waals surface area contributed by atoms with Crippen molar-refractivity contribution in [2.24, 2.45) is 0 Å². The molecule has 1 heterocycles. The van der Waals surface area contributed by atoms with Gasteiger partial charge in [-0.1, -0.05) is 54.6 Å². The topological polar surface area (TPSA) is 31.4 Å². The summed E-state index contributed by atoms with van der Waals surface area (Å²) in [6, 6.07) is 23.3. The lowest BCUT2D eigenvalue weighted by Gasteiger charge is -2.33. The van der Waals surface area contributed by atoms with Gasteiger partial charge in [0.25, 0.3) is 0 Å². The summed E-state index contributed by atoms with van der Waals surface area (Å²) in [4.78, 5) is 5.01. The molecule has 4 aromatic rings. The first-order valence-corrected chi connectivity index (χ1v) is 8.79. The summed E-state index contributed by atoms with van der Waals surface area (Å²) in [5.74, 6) is 0. The Bertz CT molecular complexity index is 1140. The standard InChI is InChI=1S/C23H19NO2/c1-25-22-17-10-6-5-9-16(17)19-13-18-15-8-4-3-7-14(15)11-12-20(18)24-21(19)23(22)26-2/h3-13,22-23H,1-2H3/t22-,23-/m1/s1. The van der Waals surface area contributed by atoms with Gasteiger partial charge >= 0.3 is 0 Å². The summed E-state index contributed by atoms with van der Waals surface area (Å²) >= 11 is 0. The molecule has 5 rings (SSSR count). The summed E-state index contributed by atoms with van der Waals surface area (Å²) in [5, 5.41) is 3.62. The van der Waals surface area contributed by atoms with E-state index in [9.17, 15) is 0 Å². The Morgan fingerprint density at radius 3 is 2.35 bits per heavy atom. The highest BCUT2D eigenvalue weighted by Gasteiger charge is 2.35. The molecular formula is C23H19NO2. The van der Waals surface area contributed by atoms with Crippen LogP contribution in [0.25, 0.3) is 32.8 Å². The van der Waals surface area contributed by atoms with Gasteiger partial charge < -0.3 is 9.47 Å². The first kappa shape index (κ1) is 15.5. The Hall–Kier alpha value is -2.75. The van der Waals surface area contributed by atoms with Crippen molar-refractivity contribution in [1.82, 2.24) is 4.98 Å². The third kappa shape index (κ3) is 2.11. The average Bonchev–Trinajstić information content (AvgIpc) is 2.71. The number of ether oxygens (including phenoxy) is 2. The van der Waals surface area contributed by atoms with Crippen LogP contribution in [0.5, 0.6) is 0 Å². The minimum Gasteiger partial charge on any atom is -0.374 e. The molecule has 128 valence electrons. The maximum atomic E-state index is 5.83. The summed E-state index contributed by atoms with van der Waals surface area (Å²) in [6.07, 6.45) is -0.380. The fourth-order valence-electron chi connectivity index (χ4n) is 4.16. The van der Waals surface area contributed by atoms with E-state index in [1.54, 1.807) is 14.2 Å². The number of fused-ring (bicyclic) bond motifs is 6. The molecule has 0 fully saturated rings. The van der Waals surface area contributed by atoms with E-state index in [1.807, 2.05) is 6.07 Å². The monoisotopic (exact) mass is 341 g/mol. The van der Waals surface area contributed by atoms with E-state index in [-0.39, 0.29) is 12.2 Å². The number of hydrogen-bond donors (Lipinski definition) is 0. The second kappa shape index (κ2) is 5.90. The molecule has 0 aliphatic heterocycles. The highest BCUT2D eigenvalue weighted by atomic mass is 16.5. The first-order chi connectivity index (χ1) is 12.8. The summed E-state index contributed by atoms with van der Waals surface area (Å²) in [5.41, 5.74) is 5.38. The Balaban J connectivity index is 1.89. The summed E-state index contributed by atoms with van der Waals surface area (Å²) in [6.45, 7) is 0. The molecule has 0 saturated heterocycles. The molecule has 2 atom stereocenters. The minimum absolute atomic E-state index is 0.158. The van der Waals surface area contributed by atoms with Crippen LogP contribution >= 0.6 is 0 Å². The quantitative estimate of drug-likeness (QED) is 0.455. The van der Waals surface area contributed by atoms with Crippen LogP contribution in [-0.4, -0.2) is 19.2 Å². The van der Waals surface area contributed by atoms with Crippen LogP contribution in [0, 0.1) is 0 Å². The smallest absolute Gasteiger partial charge is 0.130 e. The molecule has 3 heteroatoms. The van der Waals surface area contributed by atoms with Crippen LogP contribution in [0.15, 0.2) is 66.7 Å². The Morgan fingerprint density at radius 2 is 1.50 bits per heavy atom. The van der Waals surface area contributed by atoms with E-state index < -0.39 is 0 Å². The zero-order valence-corrected chi connectivity index (χ0v) is 14.8. The number of nitrogens with zero attached hydrogens (tertiary/aromatic N) is 1. The molecule has 0 saturated carbocycles. The molecule has 26 heavy (non-hydrogen) atoms. The van der Waals surface area contributed by atoms with E-state index >= 15 is 0 Å². The van der Waals surface area contributed by atoms with Gasteiger partial charge in [0.15, 0.2) is 0 Å². The van der Waals surface area contributed by atoms with E-state index in [4.69, 9.17) is 14.5 Å². The first-order valence-electron chi connectivity index (χ1n) is 8.79. The van der Waals surface area contributed by atoms with Gasteiger partial charge in [0.2, 0.25) is 0 Å². The van der Waals surface area contributed by atoms with Crippen LogP contribution in [0.2, 0.25) is 0 Å². The number of methoxy groups -OCH3 is 2. The predicted octanol–water partition coefficient (Wildman–Crippen LogP) is 5.44. The molecule has 0 unspecified atom stereocenters. The van der Waals surface area contributed by atoms with Crippen molar-refractivity contribution >= 4 is 21.7 Å². The Morgan fingerprint density at radius 1 is 0.731 bits per heavy atom. The third-order valence-electron chi connectivity index (χ3n) is 5.36. The number of rotatable bonds is 2. The van der Waals surface area contributed by atoms with E-state index in [0.717, 1.165) is 22.3 Å². The molecule has 1 aliphatic carbocycles. The van der Waals surface area contributed by atoms with Crippen molar-refractivity contribution in [2.45, 2.75) is 12.2 Å². The van der Waals surface area contributed by atoms with Crippen molar-refractivity contribution in [3.05, 3.63) is 78.0 Å². The average molecular weight is 341 g/mol. The van der Waals surface area contributed by atoms with Crippen LogP contribution in [-0.2, 0) is 9.47 Å². The van der Waals surface area contributed by atoms with Crippen LogP contribution in [0.4, 0.5) is 0 Å². The lowest BCUT2D eigenvalue weighted by atomic mass is 9.83. The minimum atomic E-state index is -0.222. The molecule has 1 aromatic heterocycles. The van der Waals surface area contributed by atoms with Crippen molar-refractivity contribution in [1.29, 1.82) is 0 Å². The second-order valence-corrected chi connectivity index (χ2v) is 6.67. The maximum absolute atomic E-state index is 5.83. The zero-order chi connectivity index (χ0) is 17.7. The van der Waals surface area contributed by atoms with Crippen LogP contribution in [0.1, 0.15) is 23.5 Å². The predicted molar refractivity (Wildman–Crippen MR) is 104 cm³/mol. The second-order valence-electron chi connectivity index (χ2n) is 6.67. The fourth-order valence-corrected chi connectivity index (χ4v) is 4.16. The largest absolute Gasteiger partial charge is 0.374 e.